The first kappa shape index (κ1) is 14.2. The molecule has 0 bridgehead atoms. The van der Waals surface area contributed by atoms with Gasteiger partial charge < -0.3 is 5.32 Å². The number of nitrogens with one attached hydrogen (secondary N) is 1. The van der Waals surface area contributed by atoms with Crippen LogP contribution in [0.2, 0.25) is 0 Å². The van der Waals surface area contributed by atoms with Crippen LogP contribution in [-0.4, -0.2) is 35.6 Å². The summed E-state index contributed by atoms with van der Waals surface area (Å²) in [6.45, 7) is 3.70. The first-order valence-corrected chi connectivity index (χ1v) is 7.39. The largest absolute Gasteiger partial charge is 0.311 e. The lowest BCUT2D eigenvalue weighted by atomic mass is 10.0. The summed E-state index contributed by atoms with van der Waals surface area (Å²) in [5.74, 6) is -0.261. The van der Waals surface area contributed by atoms with Crippen molar-refractivity contribution in [2.24, 2.45) is 0 Å². The minimum absolute atomic E-state index is 0.261. The van der Waals surface area contributed by atoms with Gasteiger partial charge in [0.2, 0.25) is 0 Å². The first-order valence-electron chi connectivity index (χ1n) is 7.39. The summed E-state index contributed by atoms with van der Waals surface area (Å²) in [4.78, 5) is 6.28. The highest BCUT2D eigenvalue weighted by Crippen LogP contribution is 2.11. The van der Waals surface area contributed by atoms with Crippen molar-refractivity contribution < 1.29 is 4.39 Å². The lowest BCUT2D eigenvalue weighted by Gasteiger charge is -2.33. The van der Waals surface area contributed by atoms with Crippen LogP contribution in [0.3, 0.4) is 0 Å². The quantitative estimate of drug-likeness (QED) is 0.934. The highest BCUT2D eigenvalue weighted by atomic mass is 19.1. The van der Waals surface area contributed by atoms with Crippen LogP contribution in [-0.2, 0) is 13.0 Å². The van der Waals surface area contributed by atoms with Gasteiger partial charge in [0.15, 0.2) is 0 Å². The van der Waals surface area contributed by atoms with E-state index in [1.165, 1.54) is 11.8 Å². The van der Waals surface area contributed by atoms with Gasteiger partial charge in [-0.2, -0.15) is 0 Å². The fourth-order valence-corrected chi connectivity index (χ4v) is 2.87. The molecule has 0 aliphatic carbocycles. The second-order valence-corrected chi connectivity index (χ2v) is 5.59. The topological polar surface area (TPSA) is 28.2 Å². The van der Waals surface area contributed by atoms with Crippen LogP contribution in [0.5, 0.6) is 0 Å². The third-order valence-electron chi connectivity index (χ3n) is 3.83. The Bertz CT molecular complexity index is 573. The number of pyridine rings is 1. The number of benzene rings is 1. The molecule has 0 amide bonds. The summed E-state index contributed by atoms with van der Waals surface area (Å²) in [7, 11) is 0. The van der Waals surface area contributed by atoms with Crippen LogP contribution in [0.25, 0.3) is 0 Å². The van der Waals surface area contributed by atoms with Crippen molar-refractivity contribution in [3.8, 4) is 0 Å². The lowest BCUT2D eigenvalue weighted by molar-refractivity contribution is 0.191. The monoisotopic (exact) mass is 285 g/mol. The Balaban J connectivity index is 1.58. The number of halogens is 1. The Kier molecular flexibility index (Phi) is 4.58. The minimum atomic E-state index is -0.261. The predicted molar refractivity (Wildman–Crippen MR) is 81.4 cm³/mol. The van der Waals surface area contributed by atoms with Crippen molar-refractivity contribution in [3.63, 3.8) is 0 Å². The van der Waals surface area contributed by atoms with Crippen molar-refractivity contribution in [2.45, 2.75) is 19.0 Å². The van der Waals surface area contributed by atoms with Gasteiger partial charge in [0.25, 0.3) is 0 Å². The third kappa shape index (κ3) is 4.09. The molecule has 0 saturated carbocycles. The Labute approximate surface area is 124 Å². The maximum atomic E-state index is 13.2. The van der Waals surface area contributed by atoms with E-state index in [-0.39, 0.29) is 5.82 Å². The van der Waals surface area contributed by atoms with Crippen LogP contribution in [0.4, 0.5) is 4.39 Å². The second-order valence-electron chi connectivity index (χ2n) is 5.59. The van der Waals surface area contributed by atoms with E-state index in [0.717, 1.165) is 38.2 Å². The molecule has 1 fully saturated rings. The van der Waals surface area contributed by atoms with E-state index in [9.17, 15) is 4.39 Å². The van der Waals surface area contributed by atoms with E-state index in [1.54, 1.807) is 12.3 Å². The Morgan fingerprint density at radius 2 is 2.05 bits per heavy atom. The molecule has 1 saturated heterocycles. The van der Waals surface area contributed by atoms with E-state index >= 15 is 0 Å². The van der Waals surface area contributed by atoms with E-state index in [0.29, 0.717) is 6.04 Å². The molecule has 0 spiro atoms. The molecule has 110 valence electrons. The summed E-state index contributed by atoms with van der Waals surface area (Å²) < 4.78 is 13.2. The van der Waals surface area contributed by atoms with Crippen LogP contribution >= 0.6 is 0 Å². The van der Waals surface area contributed by atoms with Gasteiger partial charge in [0, 0.05) is 38.4 Å². The fraction of sp³-hybridized carbons (Fsp3) is 0.353. The molecule has 2 aromatic rings. The number of piperazine rings is 1. The van der Waals surface area contributed by atoms with E-state index < -0.39 is 0 Å². The van der Waals surface area contributed by atoms with Crippen molar-refractivity contribution in [1.29, 1.82) is 0 Å². The van der Waals surface area contributed by atoms with Gasteiger partial charge in [0.1, 0.15) is 5.82 Å². The standard InChI is InChI=1S/C17H20FN3/c18-16-8-15(10-19-11-16)12-21-7-6-20-17(13-21)9-14-4-2-1-3-5-14/h1-5,8,10-11,17,20H,6-7,9,12-13H2. The van der Waals surface area contributed by atoms with Gasteiger partial charge in [0.05, 0.1) is 6.20 Å². The summed E-state index contributed by atoms with van der Waals surface area (Å²) >= 11 is 0. The molecule has 1 aromatic heterocycles. The SMILES string of the molecule is Fc1cncc(CN2CCNC(Cc3ccccc3)C2)c1. The molecule has 1 aromatic carbocycles. The van der Waals surface area contributed by atoms with E-state index in [4.69, 9.17) is 0 Å². The molecular weight excluding hydrogens is 265 g/mol. The summed E-state index contributed by atoms with van der Waals surface area (Å²) in [6, 6.07) is 12.5. The van der Waals surface area contributed by atoms with Gasteiger partial charge in [-0.25, -0.2) is 4.39 Å². The fourth-order valence-electron chi connectivity index (χ4n) is 2.87. The van der Waals surface area contributed by atoms with Crippen molar-refractivity contribution in [3.05, 3.63) is 65.7 Å². The van der Waals surface area contributed by atoms with Gasteiger partial charge in [-0.05, 0) is 23.6 Å². The molecule has 0 radical (unpaired) electrons. The number of aromatic nitrogens is 1. The second kappa shape index (κ2) is 6.78. The normalized spacial score (nSPS) is 19.6. The summed E-state index contributed by atoms with van der Waals surface area (Å²) in [6.07, 6.45) is 4.02. The molecule has 3 rings (SSSR count). The maximum absolute atomic E-state index is 13.2. The van der Waals surface area contributed by atoms with Crippen LogP contribution in [0.1, 0.15) is 11.1 Å². The van der Waals surface area contributed by atoms with Gasteiger partial charge in [-0.3, -0.25) is 9.88 Å². The van der Waals surface area contributed by atoms with E-state index in [1.807, 2.05) is 6.07 Å². The molecule has 1 aliphatic heterocycles. The zero-order valence-corrected chi connectivity index (χ0v) is 12.0. The van der Waals surface area contributed by atoms with Crippen molar-refractivity contribution in [1.82, 2.24) is 15.2 Å². The average Bonchev–Trinajstić information content (AvgIpc) is 2.49. The smallest absolute Gasteiger partial charge is 0.141 e. The minimum Gasteiger partial charge on any atom is -0.311 e. The third-order valence-corrected chi connectivity index (χ3v) is 3.83. The molecule has 2 heterocycles. The van der Waals surface area contributed by atoms with Crippen LogP contribution < -0.4 is 5.32 Å². The predicted octanol–water partition coefficient (Wildman–Crippen LogP) is 2.24. The maximum Gasteiger partial charge on any atom is 0.141 e. The number of hydrogen-bond donors (Lipinski definition) is 1. The molecule has 1 unspecified atom stereocenters. The molecule has 1 N–H and O–H groups in total. The van der Waals surface area contributed by atoms with Crippen molar-refractivity contribution >= 4 is 0 Å². The highest BCUT2D eigenvalue weighted by Gasteiger charge is 2.19. The van der Waals surface area contributed by atoms with Gasteiger partial charge >= 0.3 is 0 Å². The Morgan fingerprint density at radius 1 is 1.19 bits per heavy atom. The van der Waals surface area contributed by atoms with E-state index in [2.05, 4.69) is 39.5 Å². The molecular formula is C17H20FN3. The lowest BCUT2D eigenvalue weighted by Crippen LogP contribution is -2.51. The zero-order valence-electron chi connectivity index (χ0n) is 12.0. The molecule has 3 nitrogen and oxygen atoms in total. The van der Waals surface area contributed by atoms with Gasteiger partial charge in [-0.1, -0.05) is 30.3 Å². The van der Waals surface area contributed by atoms with Crippen molar-refractivity contribution in [2.75, 3.05) is 19.6 Å². The van der Waals surface area contributed by atoms with Crippen LogP contribution in [0, 0.1) is 5.82 Å². The number of rotatable bonds is 4. The summed E-state index contributed by atoms with van der Waals surface area (Å²) in [5, 5.41) is 3.56. The molecule has 1 aliphatic rings. The first-order chi connectivity index (χ1) is 10.3. The highest BCUT2D eigenvalue weighted by molar-refractivity contribution is 5.16. The van der Waals surface area contributed by atoms with Crippen LogP contribution in [0.15, 0.2) is 48.8 Å². The van der Waals surface area contributed by atoms with Gasteiger partial charge in [-0.15, -0.1) is 0 Å². The zero-order chi connectivity index (χ0) is 14.5. The molecule has 4 heteroatoms. The summed E-state index contributed by atoms with van der Waals surface area (Å²) in [5.41, 5.74) is 2.29. The Hall–Kier alpha value is -1.78. The molecule has 21 heavy (non-hydrogen) atoms. The Morgan fingerprint density at radius 3 is 2.86 bits per heavy atom. The average molecular weight is 285 g/mol. The number of nitrogens with zero attached hydrogens (tertiary/aromatic N) is 2. The number of hydrogen-bond acceptors (Lipinski definition) is 3. The molecule has 1 atom stereocenters.